The van der Waals surface area contributed by atoms with Gasteiger partial charge in [-0.25, -0.2) is 0 Å². The number of carbonyl (C=O) groups excluding carboxylic acids is 1. The van der Waals surface area contributed by atoms with Crippen molar-refractivity contribution in [2.24, 2.45) is 0 Å². The number of alkyl halides is 1. The van der Waals surface area contributed by atoms with Gasteiger partial charge in [-0.1, -0.05) is 44.0 Å². The Hall–Kier alpha value is -0.870. The lowest BCUT2D eigenvalue weighted by molar-refractivity contribution is 0.0912. The Morgan fingerprint density at radius 2 is 1.80 bits per heavy atom. The van der Waals surface area contributed by atoms with E-state index in [1.54, 1.807) is 0 Å². The van der Waals surface area contributed by atoms with Crippen molar-refractivity contribution in [3.63, 3.8) is 0 Å². The van der Waals surface area contributed by atoms with Crippen LogP contribution < -0.4 is 5.32 Å². The molecule has 0 aromatic heterocycles. The molecule has 0 spiro atoms. The maximum atomic E-state index is 12.3. The first kappa shape index (κ1) is 15.5. The van der Waals surface area contributed by atoms with Gasteiger partial charge in [-0.15, -0.1) is 0 Å². The molecule has 20 heavy (non-hydrogen) atoms. The van der Waals surface area contributed by atoms with Crippen LogP contribution in [-0.4, -0.2) is 16.8 Å². The number of carbonyl (C=O) groups is 1. The van der Waals surface area contributed by atoms with E-state index in [-0.39, 0.29) is 11.4 Å². The lowest BCUT2D eigenvalue weighted by Crippen LogP contribution is -2.43. The van der Waals surface area contributed by atoms with E-state index < -0.39 is 0 Å². The van der Waals surface area contributed by atoms with Crippen LogP contribution >= 0.6 is 31.9 Å². The molecule has 0 bridgehead atoms. The summed E-state index contributed by atoms with van der Waals surface area (Å²) in [5.41, 5.74) is 0.484. The highest BCUT2D eigenvalue weighted by atomic mass is 79.9. The van der Waals surface area contributed by atoms with Gasteiger partial charge in [-0.05, 0) is 55.3 Å². The van der Waals surface area contributed by atoms with Crippen molar-refractivity contribution in [1.29, 1.82) is 0 Å². The zero-order valence-electron chi connectivity index (χ0n) is 11.5. The lowest BCUT2D eigenvalue weighted by atomic mass is 10.0. The number of halogens is 2. The first-order chi connectivity index (χ1) is 9.41. The smallest absolute Gasteiger partial charge is 0.251 e. The molecule has 1 N–H and O–H groups in total. The topological polar surface area (TPSA) is 29.1 Å². The molecule has 0 saturated heterocycles. The molecule has 106 valence electrons. The van der Waals surface area contributed by atoms with Gasteiger partial charge in [-0.2, -0.15) is 0 Å². The first-order valence-corrected chi connectivity index (χ1v) is 8.40. The number of amides is 1. The van der Waals surface area contributed by atoms with Crippen molar-refractivity contribution in [3.05, 3.63) is 46.4 Å². The van der Waals surface area contributed by atoms with E-state index in [0.29, 0.717) is 5.56 Å². The van der Waals surface area contributed by atoms with Gasteiger partial charge in [0, 0.05) is 20.9 Å². The fraction of sp³-hybridized carbons (Fsp3) is 0.312. The summed E-state index contributed by atoms with van der Waals surface area (Å²) in [5, 5.41) is 6.13. The van der Waals surface area contributed by atoms with E-state index in [9.17, 15) is 4.79 Å². The van der Waals surface area contributed by atoms with Crippen molar-refractivity contribution in [2.45, 2.75) is 25.8 Å². The summed E-state index contributed by atoms with van der Waals surface area (Å²) in [7, 11) is 0. The Labute approximate surface area is 136 Å². The third kappa shape index (κ3) is 3.83. The Morgan fingerprint density at radius 3 is 2.50 bits per heavy atom. The summed E-state index contributed by atoms with van der Waals surface area (Å²) in [4.78, 5) is 12.3. The summed E-state index contributed by atoms with van der Waals surface area (Å²) in [6.07, 6.45) is 0.888. The Balaban J connectivity index is 2.24. The molecule has 0 saturated carbocycles. The highest BCUT2D eigenvalue weighted by Gasteiger charge is 2.20. The molecule has 0 atom stereocenters. The second-order valence-corrected chi connectivity index (χ2v) is 7.19. The molecule has 0 unspecified atom stereocenters. The normalized spacial score (nSPS) is 11.6. The van der Waals surface area contributed by atoms with Gasteiger partial charge < -0.3 is 5.32 Å². The van der Waals surface area contributed by atoms with E-state index in [2.05, 4.69) is 37.2 Å². The van der Waals surface area contributed by atoms with Crippen LogP contribution in [0.3, 0.4) is 0 Å². The van der Waals surface area contributed by atoms with Gasteiger partial charge in [0.15, 0.2) is 0 Å². The zero-order valence-corrected chi connectivity index (χ0v) is 14.7. The Morgan fingerprint density at radius 1 is 1.15 bits per heavy atom. The number of fused-ring (bicyclic) bond motifs is 1. The van der Waals surface area contributed by atoms with Gasteiger partial charge in [0.2, 0.25) is 0 Å². The number of hydrogen-bond donors (Lipinski definition) is 1. The molecule has 2 aromatic rings. The summed E-state index contributed by atoms with van der Waals surface area (Å²) in [6.45, 7) is 4.06. The second-order valence-electron chi connectivity index (χ2n) is 5.48. The van der Waals surface area contributed by atoms with Gasteiger partial charge >= 0.3 is 0 Å². The van der Waals surface area contributed by atoms with Crippen molar-refractivity contribution in [2.75, 3.05) is 5.33 Å². The fourth-order valence-corrected chi connectivity index (χ4v) is 3.41. The van der Waals surface area contributed by atoms with Crippen molar-refractivity contribution in [3.8, 4) is 0 Å². The quantitative estimate of drug-likeness (QED) is 0.729. The maximum absolute atomic E-state index is 12.3. The predicted octanol–water partition coefficient (Wildman–Crippen LogP) is 4.90. The minimum atomic E-state index is -0.213. The van der Waals surface area contributed by atoms with Crippen molar-refractivity contribution in [1.82, 2.24) is 5.32 Å². The van der Waals surface area contributed by atoms with Crippen LogP contribution in [0.5, 0.6) is 0 Å². The molecule has 0 aliphatic rings. The van der Waals surface area contributed by atoms with Crippen LogP contribution in [-0.2, 0) is 0 Å². The first-order valence-electron chi connectivity index (χ1n) is 6.49. The molecule has 0 radical (unpaired) electrons. The molecule has 0 aliphatic carbocycles. The SMILES string of the molecule is CC(C)(CCBr)NC(=O)c1ccc2cc(Br)ccc2c1. The lowest BCUT2D eigenvalue weighted by Gasteiger charge is -2.25. The maximum Gasteiger partial charge on any atom is 0.251 e. The fourth-order valence-electron chi connectivity index (χ4n) is 2.04. The van der Waals surface area contributed by atoms with Crippen LogP contribution in [0.2, 0.25) is 0 Å². The summed E-state index contributed by atoms with van der Waals surface area (Å²) >= 11 is 6.87. The van der Waals surface area contributed by atoms with Gasteiger partial charge in [0.25, 0.3) is 5.91 Å². The molecule has 2 rings (SSSR count). The Kier molecular flexibility index (Phi) is 4.86. The summed E-state index contributed by atoms with van der Waals surface area (Å²) in [6, 6.07) is 11.8. The van der Waals surface area contributed by atoms with E-state index in [1.807, 2.05) is 50.2 Å². The van der Waals surface area contributed by atoms with Gasteiger partial charge in [-0.3, -0.25) is 4.79 Å². The van der Waals surface area contributed by atoms with E-state index in [0.717, 1.165) is 27.0 Å². The minimum Gasteiger partial charge on any atom is -0.347 e. The molecule has 1 amide bonds. The van der Waals surface area contributed by atoms with Crippen LogP contribution in [0.4, 0.5) is 0 Å². The number of nitrogens with one attached hydrogen (secondary N) is 1. The van der Waals surface area contributed by atoms with E-state index in [4.69, 9.17) is 0 Å². The molecule has 0 aliphatic heterocycles. The third-order valence-electron chi connectivity index (χ3n) is 3.24. The highest BCUT2D eigenvalue weighted by Crippen LogP contribution is 2.21. The van der Waals surface area contributed by atoms with E-state index >= 15 is 0 Å². The number of benzene rings is 2. The molecular weight excluding hydrogens is 382 g/mol. The largest absolute Gasteiger partial charge is 0.347 e. The predicted molar refractivity (Wildman–Crippen MR) is 91.6 cm³/mol. The van der Waals surface area contributed by atoms with Crippen LogP contribution in [0, 0.1) is 0 Å². The van der Waals surface area contributed by atoms with Gasteiger partial charge in [0.1, 0.15) is 0 Å². The van der Waals surface area contributed by atoms with Crippen LogP contribution in [0.1, 0.15) is 30.6 Å². The summed E-state index contributed by atoms with van der Waals surface area (Å²) < 4.78 is 1.04. The molecule has 0 heterocycles. The average Bonchev–Trinajstić information content (AvgIpc) is 2.37. The molecular formula is C16H17Br2NO. The third-order valence-corrected chi connectivity index (χ3v) is 4.13. The second kappa shape index (κ2) is 6.27. The van der Waals surface area contributed by atoms with E-state index in [1.165, 1.54) is 0 Å². The number of rotatable bonds is 4. The average molecular weight is 399 g/mol. The monoisotopic (exact) mass is 397 g/mol. The van der Waals surface area contributed by atoms with Crippen LogP contribution in [0.25, 0.3) is 10.8 Å². The standard InChI is InChI=1S/C16H17Br2NO/c1-16(2,7-8-17)19-15(20)13-4-3-12-10-14(18)6-5-11(12)9-13/h3-6,9-10H,7-8H2,1-2H3,(H,19,20). The highest BCUT2D eigenvalue weighted by molar-refractivity contribution is 9.10. The van der Waals surface area contributed by atoms with Crippen molar-refractivity contribution >= 4 is 48.5 Å². The molecule has 0 fully saturated rings. The number of hydrogen-bond acceptors (Lipinski definition) is 1. The van der Waals surface area contributed by atoms with Crippen molar-refractivity contribution < 1.29 is 4.79 Å². The molecule has 2 aromatic carbocycles. The van der Waals surface area contributed by atoms with Crippen LogP contribution in [0.15, 0.2) is 40.9 Å². The molecule has 4 heteroatoms. The summed E-state index contributed by atoms with van der Waals surface area (Å²) in [5.74, 6) is -0.0271. The van der Waals surface area contributed by atoms with Gasteiger partial charge in [0.05, 0.1) is 0 Å². The zero-order chi connectivity index (χ0) is 14.8. The minimum absolute atomic E-state index is 0.0271. The molecule has 2 nitrogen and oxygen atoms in total. The Bertz CT molecular complexity index is 637.